The molecule has 7 nitrogen and oxygen atoms in total. The predicted molar refractivity (Wildman–Crippen MR) is 92.8 cm³/mol. The summed E-state index contributed by atoms with van der Waals surface area (Å²) in [7, 11) is 1.79. The lowest BCUT2D eigenvalue weighted by Crippen LogP contribution is -2.25. The quantitative estimate of drug-likeness (QED) is 0.746. The van der Waals surface area contributed by atoms with Gasteiger partial charge in [-0.25, -0.2) is 0 Å². The van der Waals surface area contributed by atoms with Gasteiger partial charge in [0, 0.05) is 26.1 Å². The number of carbonyl (C=O) groups excluding carboxylic acids is 1. The van der Waals surface area contributed by atoms with Crippen molar-refractivity contribution in [3.63, 3.8) is 0 Å². The predicted octanol–water partition coefficient (Wildman–Crippen LogP) is 2.66. The molecule has 3 rings (SSSR count). The maximum absolute atomic E-state index is 12.3. The van der Waals surface area contributed by atoms with E-state index in [4.69, 9.17) is 4.52 Å². The highest BCUT2D eigenvalue weighted by Crippen LogP contribution is 2.16. The number of carbonyl (C=O) groups is 1. The molecule has 130 valence electrons. The molecule has 0 unspecified atom stereocenters. The molecule has 0 aliphatic rings. The molecule has 0 atom stereocenters. The van der Waals surface area contributed by atoms with Crippen molar-refractivity contribution in [1.29, 1.82) is 0 Å². The minimum absolute atomic E-state index is 0.129. The number of hydrogen-bond acceptors (Lipinski definition) is 5. The normalized spacial score (nSPS) is 10.8. The van der Waals surface area contributed by atoms with Crippen LogP contribution in [0.4, 0.5) is 0 Å². The summed E-state index contributed by atoms with van der Waals surface area (Å²) in [6.45, 7) is 4.29. The average molecular weight is 339 g/mol. The van der Waals surface area contributed by atoms with Crippen molar-refractivity contribution >= 4 is 5.91 Å². The lowest BCUT2D eigenvalue weighted by Gasteiger charge is -2.06. The molecule has 0 spiro atoms. The van der Waals surface area contributed by atoms with E-state index in [2.05, 4.69) is 27.5 Å². The van der Waals surface area contributed by atoms with Gasteiger partial charge in [-0.1, -0.05) is 42.8 Å². The van der Waals surface area contributed by atoms with Crippen LogP contribution in [0.25, 0.3) is 11.4 Å². The van der Waals surface area contributed by atoms with E-state index < -0.39 is 0 Å². The fourth-order valence-electron chi connectivity index (χ4n) is 2.58. The molecular formula is C18H21N5O2. The smallest absolute Gasteiger partial charge is 0.269 e. The fourth-order valence-corrected chi connectivity index (χ4v) is 2.58. The summed E-state index contributed by atoms with van der Waals surface area (Å²) in [5.74, 6) is 0.964. The van der Waals surface area contributed by atoms with Gasteiger partial charge in [0.1, 0.15) is 5.69 Å². The summed E-state index contributed by atoms with van der Waals surface area (Å²) in [5, 5.41) is 11.2. The van der Waals surface area contributed by atoms with Gasteiger partial charge in [-0.05, 0) is 18.1 Å². The van der Waals surface area contributed by atoms with Crippen molar-refractivity contribution in [3.05, 3.63) is 53.2 Å². The Morgan fingerprint density at radius 2 is 2.04 bits per heavy atom. The van der Waals surface area contributed by atoms with Gasteiger partial charge in [0.15, 0.2) is 0 Å². The minimum atomic E-state index is -0.129. The number of rotatable bonds is 6. The van der Waals surface area contributed by atoms with Gasteiger partial charge < -0.3 is 9.84 Å². The van der Waals surface area contributed by atoms with Crippen molar-refractivity contribution in [2.45, 2.75) is 33.2 Å². The van der Waals surface area contributed by atoms with Crippen LogP contribution in [0.3, 0.4) is 0 Å². The van der Waals surface area contributed by atoms with Gasteiger partial charge in [-0.3, -0.25) is 9.48 Å². The first-order chi connectivity index (χ1) is 12.1. The first kappa shape index (κ1) is 16.9. The molecule has 0 aliphatic carbocycles. The largest absolute Gasteiger partial charge is 0.347 e. The molecule has 0 aliphatic heterocycles. The molecule has 25 heavy (non-hydrogen) atoms. The lowest BCUT2D eigenvalue weighted by atomic mass is 10.1. The van der Waals surface area contributed by atoms with Crippen LogP contribution in [0.1, 0.15) is 41.0 Å². The van der Waals surface area contributed by atoms with Crippen molar-refractivity contribution in [2.75, 3.05) is 0 Å². The molecule has 0 radical (unpaired) electrons. The molecule has 1 amide bonds. The number of nitrogens with zero attached hydrogens (tertiary/aromatic N) is 4. The molecule has 0 saturated carbocycles. The van der Waals surface area contributed by atoms with E-state index in [1.807, 2.05) is 30.3 Å². The van der Waals surface area contributed by atoms with E-state index in [-0.39, 0.29) is 5.91 Å². The van der Waals surface area contributed by atoms with Crippen LogP contribution in [0.2, 0.25) is 0 Å². The number of amides is 1. The highest BCUT2D eigenvalue weighted by atomic mass is 16.5. The number of aryl methyl sites for hydroxylation is 3. The number of nitrogens with one attached hydrogen (secondary N) is 1. The molecule has 3 aromatic rings. The third-order valence-corrected chi connectivity index (χ3v) is 3.86. The van der Waals surface area contributed by atoms with Crippen molar-refractivity contribution in [1.82, 2.24) is 25.2 Å². The SMILES string of the molecule is CCCc1cc(C(=O)NCc2ccc(-c3noc(C)n3)cc2)n(C)n1. The Morgan fingerprint density at radius 3 is 2.68 bits per heavy atom. The van der Waals surface area contributed by atoms with E-state index in [9.17, 15) is 4.79 Å². The fraction of sp³-hybridized carbons (Fsp3) is 0.333. The van der Waals surface area contributed by atoms with Crippen LogP contribution < -0.4 is 5.32 Å². The third kappa shape index (κ3) is 3.93. The zero-order valence-electron chi connectivity index (χ0n) is 14.6. The maximum Gasteiger partial charge on any atom is 0.269 e. The molecule has 0 saturated heterocycles. The van der Waals surface area contributed by atoms with Crippen molar-refractivity contribution in [3.8, 4) is 11.4 Å². The van der Waals surface area contributed by atoms with Crippen molar-refractivity contribution in [2.24, 2.45) is 7.05 Å². The Kier molecular flexibility index (Phi) is 4.92. The van der Waals surface area contributed by atoms with E-state index in [0.717, 1.165) is 29.7 Å². The molecular weight excluding hydrogens is 318 g/mol. The summed E-state index contributed by atoms with van der Waals surface area (Å²) in [5.41, 5.74) is 3.38. The average Bonchev–Trinajstić information content (AvgIpc) is 3.19. The Bertz CT molecular complexity index is 864. The van der Waals surface area contributed by atoms with E-state index in [0.29, 0.717) is 24.0 Å². The maximum atomic E-state index is 12.3. The molecule has 2 aromatic heterocycles. The van der Waals surface area contributed by atoms with Crippen LogP contribution >= 0.6 is 0 Å². The summed E-state index contributed by atoms with van der Waals surface area (Å²) < 4.78 is 6.61. The molecule has 0 bridgehead atoms. The molecule has 2 heterocycles. The van der Waals surface area contributed by atoms with Gasteiger partial charge in [0.25, 0.3) is 5.91 Å². The van der Waals surface area contributed by atoms with Gasteiger partial charge in [-0.2, -0.15) is 10.1 Å². The highest BCUT2D eigenvalue weighted by molar-refractivity contribution is 5.92. The Hall–Kier alpha value is -2.96. The standard InChI is InChI=1S/C18H21N5O2/c1-4-5-15-10-16(23(3)21-15)18(24)19-11-13-6-8-14(9-7-13)17-20-12(2)25-22-17/h6-10H,4-5,11H2,1-3H3,(H,19,24). The second-order valence-electron chi connectivity index (χ2n) is 5.91. The molecule has 1 aromatic carbocycles. The summed E-state index contributed by atoms with van der Waals surface area (Å²) in [6.07, 6.45) is 1.88. The van der Waals surface area contributed by atoms with Crippen molar-refractivity contribution < 1.29 is 9.32 Å². The lowest BCUT2D eigenvalue weighted by molar-refractivity contribution is 0.0941. The van der Waals surface area contributed by atoms with Crippen LogP contribution in [-0.2, 0) is 20.0 Å². The number of aromatic nitrogens is 4. The Balaban J connectivity index is 1.62. The zero-order chi connectivity index (χ0) is 17.8. The Labute approximate surface area is 146 Å². The Morgan fingerprint density at radius 1 is 1.28 bits per heavy atom. The summed E-state index contributed by atoms with van der Waals surface area (Å²) in [6, 6.07) is 9.55. The number of hydrogen-bond donors (Lipinski definition) is 1. The zero-order valence-corrected chi connectivity index (χ0v) is 14.6. The van der Waals surface area contributed by atoms with E-state index in [1.165, 1.54) is 0 Å². The van der Waals surface area contributed by atoms with Gasteiger partial charge in [-0.15, -0.1) is 0 Å². The molecule has 7 heteroatoms. The van der Waals surface area contributed by atoms with E-state index in [1.54, 1.807) is 18.7 Å². The summed E-state index contributed by atoms with van der Waals surface area (Å²) in [4.78, 5) is 16.5. The van der Waals surface area contributed by atoms with Gasteiger partial charge >= 0.3 is 0 Å². The topological polar surface area (TPSA) is 85.8 Å². The van der Waals surface area contributed by atoms with Crippen LogP contribution in [0, 0.1) is 6.92 Å². The first-order valence-electron chi connectivity index (χ1n) is 8.27. The molecule has 1 N–H and O–H groups in total. The van der Waals surface area contributed by atoms with Crippen LogP contribution in [0.15, 0.2) is 34.9 Å². The summed E-state index contributed by atoms with van der Waals surface area (Å²) >= 11 is 0. The second kappa shape index (κ2) is 7.29. The second-order valence-corrected chi connectivity index (χ2v) is 5.91. The minimum Gasteiger partial charge on any atom is -0.347 e. The third-order valence-electron chi connectivity index (χ3n) is 3.86. The van der Waals surface area contributed by atoms with Crippen LogP contribution in [-0.4, -0.2) is 25.8 Å². The number of benzene rings is 1. The van der Waals surface area contributed by atoms with Gasteiger partial charge in [0.05, 0.1) is 5.69 Å². The highest BCUT2D eigenvalue weighted by Gasteiger charge is 2.13. The van der Waals surface area contributed by atoms with Gasteiger partial charge in [0.2, 0.25) is 11.7 Å². The monoisotopic (exact) mass is 339 g/mol. The molecule has 0 fully saturated rings. The van der Waals surface area contributed by atoms with E-state index >= 15 is 0 Å². The first-order valence-corrected chi connectivity index (χ1v) is 8.27. The van der Waals surface area contributed by atoms with Crippen LogP contribution in [0.5, 0.6) is 0 Å².